The fourth-order valence-corrected chi connectivity index (χ4v) is 1.69. The molecule has 0 saturated heterocycles. The van der Waals surface area contributed by atoms with Gasteiger partial charge >= 0.3 is 0 Å². The molecule has 1 N–H and O–H groups in total. The highest BCUT2D eigenvalue weighted by Gasteiger charge is 2.27. The molecule has 0 unspecified atom stereocenters. The van der Waals surface area contributed by atoms with Crippen LogP contribution in [0.2, 0.25) is 0 Å². The van der Waals surface area contributed by atoms with E-state index in [1.165, 1.54) is 7.11 Å². The Balaban J connectivity index is 3.30. The molecule has 116 valence electrons. The lowest BCUT2D eigenvalue weighted by molar-refractivity contribution is 0.355. The Morgan fingerprint density at radius 3 is 2.14 bits per heavy atom. The second-order valence-electron chi connectivity index (χ2n) is 4.25. The van der Waals surface area contributed by atoms with Gasteiger partial charge in [0.2, 0.25) is 3.79 Å². The third kappa shape index (κ3) is 4.66. The summed E-state index contributed by atoms with van der Waals surface area (Å²) in [6.45, 7) is 0. The lowest BCUT2D eigenvalue weighted by atomic mass is 10.1. The summed E-state index contributed by atoms with van der Waals surface area (Å²) in [5, 5.41) is 7.72. The number of benzene rings is 1. The number of nitrogens with zero attached hydrogens (tertiary/aromatic N) is 2. The van der Waals surface area contributed by atoms with Crippen LogP contribution in [0, 0.1) is 5.41 Å². The van der Waals surface area contributed by atoms with Gasteiger partial charge < -0.3 is 14.4 Å². The minimum absolute atomic E-state index is 0.369. The van der Waals surface area contributed by atoms with Gasteiger partial charge in [-0.25, -0.2) is 4.99 Å². The van der Waals surface area contributed by atoms with E-state index in [2.05, 4.69) is 4.99 Å². The number of halogens is 3. The van der Waals surface area contributed by atoms with E-state index in [1.807, 2.05) is 0 Å². The number of methoxy groups -OCH3 is 2. The first kappa shape index (κ1) is 17.9. The zero-order valence-electron chi connectivity index (χ0n) is 12.1. The van der Waals surface area contributed by atoms with Crippen molar-refractivity contribution in [2.24, 2.45) is 4.99 Å². The zero-order valence-corrected chi connectivity index (χ0v) is 14.3. The van der Waals surface area contributed by atoms with Crippen molar-refractivity contribution in [2.75, 3.05) is 28.3 Å². The number of aliphatic imine (C=N–C) groups is 1. The summed E-state index contributed by atoms with van der Waals surface area (Å²) < 4.78 is 8.55. The molecule has 0 spiro atoms. The normalized spacial score (nSPS) is 12.0. The molecular formula is C13H16Cl3N3O2. The molecule has 0 bridgehead atoms. The minimum Gasteiger partial charge on any atom is -0.493 e. The van der Waals surface area contributed by atoms with Gasteiger partial charge in [0, 0.05) is 19.7 Å². The summed E-state index contributed by atoms with van der Waals surface area (Å²) in [6, 6.07) is 5.27. The Labute approximate surface area is 138 Å². The Hall–Kier alpha value is -1.17. The highest BCUT2D eigenvalue weighted by molar-refractivity contribution is 6.76. The smallest absolute Gasteiger partial charge is 0.249 e. The molecule has 0 atom stereocenters. The van der Waals surface area contributed by atoms with Crippen LogP contribution in [-0.2, 0) is 0 Å². The number of hydrogen-bond donors (Lipinski definition) is 1. The lowest BCUT2D eigenvalue weighted by Crippen LogP contribution is -2.27. The average Bonchev–Trinajstić information content (AvgIpc) is 2.42. The first-order valence-corrected chi connectivity index (χ1v) is 6.98. The fraction of sp³-hybridized carbons (Fsp3) is 0.385. The maximum Gasteiger partial charge on any atom is 0.249 e. The van der Waals surface area contributed by atoms with Crippen molar-refractivity contribution in [3.05, 3.63) is 23.8 Å². The highest BCUT2D eigenvalue weighted by atomic mass is 35.6. The van der Waals surface area contributed by atoms with Gasteiger partial charge in [-0.1, -0.05) is 34.8 Å². The van der Waals surface area contributed by atoms with E-state index in [9.17, 15) is 0 Å². The van der Waals surface area contributed by atoms with Crippen LogP contribution >= 0.6 is 34.8 Å². The first-order chi connectivity index (χ1) is 9.70. The standard InChI is InChI=1S/C13H16Cl3N3O2/c1-19(2)11(18-12(17)13(14,15)16)8-5-6-9(20-3)10(7-8)21-4/h5-7,17H,1-4H3. The van der Waals surface area contributed by atoms with E-state index in [-0.39, 0.29) is 5.84 Å². The summed E-state index contributed by atoms with van der Waals surface area (Å²) in [6.07, 6.45) is 0. The predicted molar refractivity (Wildman–Crippen MR) is 87.8 cm³/mol. The maximum absolute atomic E-state index is 7.72. The molecule has 0 saturated carbocycles. The van der Waals surface area contributed by atoms with Crippen molar-refractivity contribution in [2.45, 2.75) is 3.79 Å². The monoisotopic (exact) mass is 351 g/mol. The molecule has 21 heavy (non-hydrogen) atoms. The SMILES string of the molecule is COc1ccc(C(=NC(=N)C(Cl)(Cl)Cl)N(C)C)cc1OC. The number of nitrogens with one attached hydrogen (secondary N) is 1. The van der Waals surface area contributed by atoms with Crippen molar-refractivity contribution in [1.29, 1.82) is 5.41 Å². The molecule has 5 nitrogen and oxygen atoms in total. The van der Waals surface area contributed by atoms with Crippen molar-refractivity contribution >= 4 is 46.5 Å². The van der Waals surface area contributed by atoms with E-state index >= 15 is 0 Å². The zero-order chi connectivity index (χ0) is 16.2. The van der Waals surface area contributed by atoms with Crippen LogP contribution in [0.5, 0.6) is 11.5 Å². The molecule has 1 aromatic rings. The van der Waals surface area contributed by atoms with Gasteiger partial charge in [-0.05, 0) is 18.2 Å². The van der Waals surface area contributed by atoms with Crippen LogP contribution in [0.15, 0.2) is 23.2 Å². The van der Waals surface area contributed by atoms with Crippen molar-refractivity contribution in [3.8, 4) is 11.5 Å². The Kier molecular flexibility index (Phi) is 6.13. The van der Waals surface area contributed by atoms with E-state index in [1.54, 1.807) is 44.3 Å². The van der Waals surface area contributed by atoms with Crippen LogP contribution in [0.3, 0.4) is 0 Å². The molecule has 1 aromatic carbocycles. The van der Waals surface area contributed by atoms with Crippen molar-refractivity contribution < 1.29 is 9.47 Å². The number of rotatable bonds is 3. The van der Waals surface area contributed by atoms with E-state index in [0.717, 1.165) is 0 Å². The number of hydrogen-bond acceptors (Lipinski definition) is 3. The molecule has 1 rings (SSSR count). The maximum atomic E-state index is 7.72. The topological polar surface area (TPSA) is 57.9 Å². The lowest BCUT2D eigenvalue weighted by Gasteiger charge is -2.19. The average molecular weight is 353 g/mol. The van der Waals surface area contributed by atoms with E-state index < -0.39 is 3.79 Å². The van der Waals surface area contributed by atoms with Gasteiger partial charge in [-0.3, -0.25) is 5.41 Å². The molecule has 0 aliphatic carbocycles. The van der Waals surface area contributed by atoms with Gasteiger partial charge in [0.05, 0.1) is 14.2 Å². The highest BCUT2D eigenvalue weighted by Crippen LogP contribution is 2.30. The van der Waals surface area contributed by atoms with Crippen LogP contribution in [0.25, 0.3) is 0 Å². The predicted octanol–water partition coefficient (Wildman–Crippen LogP) is 3.36. The van der Waals surface area contributed by atoms with Crippen LogP contribution < -0.4 is 9.47 Å². The second kappa shape index (κ2) is 7.20. The van der Waals surface area contributed by atoms with Gasteiger partial charge in [0.25, 0.3) is 0 Å². The third-order valence-corrected chi connectivity index (χ3v) is 3.09. The second-order valence-corrected chi connectivity index (χ2v) is 6.53. The van der Waals surface area contributed by atoms with Crippen LogP contribution in [-0.4, -0.2) is 48.7 Å². The first-order valence-electron chi connectivity index (χ1n) is 5.84. The van der Waals surface area contributed by atoms with E-state index in [4.69, 9.17) is 49.7 Å². The number of ether oxygens (including phenoxy) is 2. The third-order valence-electron chi connectivity index (χ3n) is 2.55. The van der Waals surface area contributed by atoms with Crippen LogP contribution in [0.4, 0.5) is 0 Å². The molecular weight excluding hydrogens is 337 g/mol. The van der Waals surface area contributed by atoms with Crippen LogP contribution in [0.1, 0.15) is 5.56 Å². The summed E-state index contributed by atoms with van der Waals surface area (Å²) in [5.41, 5.74) is 0.705. The molecule has 0 fully saturated rings. The molecule has 0 aliphatic rings. The quantitative estimate of drug-likeness (QED) is 0.515. The molecule has 0 heterocycles. The molecule has 0 radical (unpaired) electrons. The minimum atomic E-state index is -1.88. The fourth-order valence-electron chi connectivity index (χ4n) is 1.57. The summed E-state index contributed by atoms with van der Waals surface area (Å²) >= 11 is 17.0. The Morgan fingerprint density at radius 1 is 1.14 bits per heavy atom. The summed E-state index contributed by atoms with van der Waals surface area (Å²) in [5.74, 6) is 1.24. The Morgan fingerprint density at radius 2 is 1.71 bits per heavy atom. The molecule has 8 heteroatoms. The van der Waals surface area contributed by atoms with E-state index in [0.29, 0.717) is 22.9 Å². The van der Waals surface area contributed by atoms with Crippen molar-refractivity contribution in [3.63, 3.8) is 0 Å². The van der Waals surface area contributed by atoms with Gasteiger partial charge in [0.1, 0.15) is 5.84 Å². The summed E-state index contributed by atoms with van der Waals surface area (Å²) in [7, 11) is 6.65. The van der Waals surface area contributed by atoms with Crippen molar-refractivity contribution in [1.82, 2.24) is 4.90 Å². The Bertz CT molecular complexity index is 554. The van der Waals surface area contributed by atoms with Gasteiger partial charge in [0.15, 0.2) is 17.3 Å². The molecule has 0 aliphatic heterocycles. The number of amidine groups is 2. The van der Waals surface area contributed by atoms with Gasteiger partial charge in [-0.15, -0.1) is 0 Å². The largest absolute Gasteiger partial charge is 0.493 e. The van der Waals surface area contributed by atoms with Gasteiger partial charge in [-0.2, -0.15) is 0 Å². The molecule has 0 aromatic heterocycles. The molecule has 0 amide bonds. The number of alkyl halides is 3. The summed E-state index contributed by atoms with van der Waals surface area (Å²) in [4.78, 5) is 5.80.